The van der Waals surface area contributed by atoms with Crippen molar-refractivity contribution in [1.82, 2.24) is 35.6 Å². The van der Waals surface area contributed by atoms with Crippen LogP contribution in [0.15, 0.2) is 71.9 Å². The predicted octanol–water partition coefficient (Wildman–Crippen LogP) is 2.58. The molecule has 266 valence electrons. The number of nitrogens with one attached hydrogen (secondary N) is 3. The van der Waals surface area contributed by atoms with Gasteiger partial charge in [-0.2, -0.15) is 5.21 Å². The molecule has 1 aliphatic heterocycles. The molecule has 1 saturated heterocycles. The molecule has 0 bridgehead atoms. The molecule has 50 heavy (non-hydrogen) atoms. The number of amides is 2. The molecule has 1 atom stereocenters. The second-order valence-electron chi connectivity index (χ2n) is 12.8. The molecule has 4 aromatic rings. The molecular formula is C34H43ClN10O4S. The van der Waals surface area contributed by atoms with Gasteiger partial charge in [0.1, 0.15) is 4.90 Å². The van der Waals surface area contributed by atoms with Crippen LogP contribution in [0.3, 0.4) is 0 Å². The molecule has 14 nitrogen and oxygen atoms in total. The fraction of sp³-hybridized carbons (Fsp3) is 0.412. The molecule has 2 amide bonds. The van der Waals surface area contributed by atoms with Crippen molar-refractivity contribution in [3.05, 3.63) is 72.6 Å². The quantitative estimate of drug-likeness (QED) is 0.152. The Balaban J connectivity index is 0.00000486. The molecule has 6 rings (SSSR count). The molecule has 2 aromatic carbocycles. The van der Waals surface area contributed by atoms with Crippen LogP contribution in [-0.2, 0) is 26.0 Å². The first-order valence-electron chi connectivity index (χ1n) is 16.7. The van der Waals surface area contributed by atoms with Crippen molar-refractivity contribution >= 4 is 39.9 Å². The summed E-state index contributed by atoms with van der Waals surface area (Å²) in [5, 5.41) is 17.2. The highest BCUT2D eigenvalue weighted by Crippen LogP contribution is 2.32. The summed E-state index contributed by atoms with van der Waals surface area (Å²) in [5.41, 5.74) is 15.7. The Morgan fingerprint density at radius 3 is 2.24 bits per heavy atom. The lowest BCUT2D eigenvalue weighted by atomic mass is 9.81. The summed E-state index contributed by atoms with van der Waals surface area (Å²) in [7, 11) is -3.73. The van der Waals surface area contributed by atoms with Gasteiger partial charge in [-0.15, -0.1) is 22.6 Å². The number of nitrogens with two attached hydrogens (primary N) is 2. The number of piperidine rings is 1. The van der Waals surface area contributed by atoms with E-state index in [2.05, 4.69) is 35.6 Å². The zero-order valence-electron chi connectivity index (χ0n) is 27.6. The van der Waals surface area contributed by atoms with E-state index in [9.17, 15) is 18.0 Å². The average Bonchev–Trinajstić information content (AvgIpc) is 3.68. The summed E-state index contributed by atoms with van der Waals surface area (Å²) in [6.07, 6.45) is 7.61. The first-order valence-corrected chi connectivity index (χ1v) is 18.1. The van der Waals surface area contributed by atoms with Crippen LogP contribution >= 0.6 is 12.4 Å². The van der Waals surface area contributed by atoms with Crippen LogP contribution in [0.2, 0.25) is 0 Å². The van der Waals surface area contributed by atoms with Crippen molar-refractivity contribution < 1.29 is 18.0 Å². The van der Waals surface area contributed by atoms with Gasteiger partial charge < -0.3 is 16.8 Å². The standard InChI is InChI=1S/C34H42N10O4S.ClH/c35-19-23-3-7-26(8-4-23)33(45)44(29-11-9-25(10-12-29)32-39-42-43-40-32)34(46)31(36)17-22-1-5-24(6-2-22)27-18-30(21-38-20-27)49(47,48)41-28-13-15-37-16-14-28;/h1-2,5-6,9-12,18,20-21,23,26,28,31,37,41H,3-4,7-8,13-17,19,35-36H2,(H,39,40,42,43);1H/t23?,26?,31-;/m0./s1. The fourth-order valence-corrected chi connectivity index (χ4v) is 7.82. The third-order valence-corrected chi connectivity index (χ3v) is 10.9. The summed E-state index contributed by atoms with van der Waals surface area (Å²) in [6, 6.07) is 14.7. The number of nitrogens with zero attached hydrogens (tertiary/aromatic N) is 5. The first kappa shape index (κ1) is 37.1. The van der Waals surface area contributed by atoms with Crippen LogP contribution in [0.25, 0.3) is 22.5 Å². The molecule has 1 saturated carbocycles. The van der Waals surface area contributed by atoms with E-state index < -0.39 is 22.0 Å². The SMILES string of the molecule is Cl.NCC1CCC(C(=O)N(C(=O)[C@@H](N)Cc2ccc(-c3cncc(S(=O)(=O)NC4CCNCC4)c3)cc2)c2ccc(-c3nn[nH]n3)cc2)CC1. The molecule has 16 heteroatoms. The molecule has 0 spiro atoms. The number of tetrazole rings is 1. The minimum Gasteiger partial charge on any atom is -0.330 e. The van der Waals surface area contributed by atoms with Crippen LogP contribution in [0.5, 0.6) is 0 Å². The monoisotopic (exact) mass is 722 g/mol. The van der Waals surface area contributed by atoms with E-state index in [1.165, 1.54) is 11.1 Å². The van der Waals surface area contributed by atoms with Crippen molar-refractivity contribution in [3.63, 3.8) is 0 Å². The molecule has 0 radical (unpaired) electrons. The number of hydrogen-bond donors (Lipinski definition) is 5. The van der Waals surface area contributed by atoms with Crippen LogP contribution in [-0.4, -0.2) is 77.6 Å². The van der Waals surface area contributed by atoms with E-state index in [1.54, 1.807) is 36.5 Å². The average molecular weight is 723 g/mol. The third kappa shape index (κ3) is 8.78. The maximum Gasteiger partial charge on any atom is 0.251 e. The number of pyridine rings is 1. The Morgan fingerprint density at radius 2 is 1.60 bits per heavy atom. The molecule has 2 fully saturated rings. The van der Waals surface area contributed by atoms with Gasteiger partial charge in [-0.3, -0.25) is 14.6 Å². The van der Waals surface area contributed by atoms with Gasteiger partial charge in [0.05, 0.1) is 11.7 Å². The number of anilines is 1. The zero-order chi connectivity index (χ0) is 34.4. The van der Waals surface area contributed by atoms with Crippen molar-refractivity contribution in [2.45, 2.75) is 61.9 Å². The van der Waals surface area contributed by atoms with E-state index in [0.717, 1.165) is 49.9 Å². The molecule has 2 aliphatic rings. The van der Waals surface area contributed by atoms with Crippen LogP contribution in [0.4, 0.5) is 5.69 Å². The smallest absolute Gasteiger partial charge is 0.251 e. The van der Waals surface area contributed by atoms with E-state index >= 15 is 0 Å². The van der Waals surface area contributed by atoms with Crippen molar-refractivity contribution in [1.29, 1.82) is 0 Å². The number of carbonyl (C=O) groups excluding carboxylic acids is 2. The second kappa shape index (κ2) is 16.7. The molecule has 1 aliphatic carbocycles. The minimum absolute atomic E-state index is 0. The van der Waals surface area contributed by atoms with Crippen molar-refractivity contribution in [3.8, 4) is 22.5 Å². The van der Waals surface area contributed by atoms with Crippen LogP contribution < -0.4 is 26.4 Å². The summed E-state index contributed by atoms with van der Waals surface area (Å²) in [4.78, 5) is 33.4. The molecule has 3 heterocycles. The highest BCUT2D eigenvalue weighted by Gasteiger charge is 2.35. The zero-order valence-corrected chi connectivity index (χ0v) is 29.2. The van der Waals surface area contributed by atoms with Gasteiger partial charge in [0.25, 0.3) is 5.91 Å². The number of benzene rings is 2. The van der Waals surface area contributed by atoms with E-state index in [-0.39, 0.29) is 41.6 Å². The summed E-state index contributed by atoms with van der Waals surface area (Å²) < 4.78 is 28.9. The van der Waals surface area contributed by atoms with Crippen molar-refractivity contribution in [2.24, 2.45) is 23.3 Å². The van der Waals surface area contributed by atoms with Gasteiger partial charge in [0.2, 0.25) is 21.8 Å². The van der Waals surface area contributed by atoms with Crippen LogP contribution in [0.1, 0.15) is 44.1 Å². The van der Waals surface area contributed by atoms with Gasteiger partial charge in [-0.25, -0.2) is 18.0 Å². The Kier molecular flexibility index (Phi) is 12.4. The number of imide groups is 1. The van der Waals surface area contributed by atoms with Gasteiger partial charge in [-0.05, 0) is 117 Å². The largest absolute Gasteiger partial charge is 0.330 e. The first-order chi connectivity index (χ1) is 23.7. The maximum absolute atomic E-state index is 14.0. The maximum atomic E-state index is 14.0. The number of carbonyl (C=O) groups is 2. The summed E-state index contributed by atoms with van der Waals surface area (Å²) in [6.45, 7) is 2.13. The highest BCUT2D eigenvalue weighted by atomic mass is 35.5. The van der Waals surface area contributed by atoms with E-state index in [1.807, 2.05) is 24.3 Å². The Labute approximate surface area is 297 Å². The van der Waals surface area contributed by atoms with Gasteiger partial charge in [0.15, 0.2) is 0 Å². The highest BCUT2D eigenvalue weighted by molar-refractivity contribution is 7.89. The number of halogens is 1. The lowest BCUT2D eigenvalue weighted by Crippen LogP contribution is -2.50. The summed E-state index contributed by atoms with van der Waals surface area (Å²) >= 11 is 0. The Hall–Kier alpha value is -4.12. The number of hydrogen-bond acceptors (Lipinski definition) is 11. The van der Waals surface area contributed by atoms with Crippen LogP contribution in [0, 0.1) is 11.8 Å². The van der Waals surface area contributed by atoms with Crippen molar-refractivity contribution in [2.75, 3.05) is 24.5 Å². The van der Waals surface area contributed by atoms with E-state index in [0.29, 0.717) is 47.9 Å². The topological polar surface area (TPSA) is 215 Å². The lowest BCUT2D eigenvalue weighted by molar-refractivity contribution is -0.130. The Morgan fingerprint density at radius 1 is 0.920 bits per heavy atom. The molecule has 7 N–H and O–H groups in total. The molecular weight excluding hydrogens is 680 g/mol. The second-order valence-corrected chi connectivity index (χ2v) is 14.5. The molecule has 2 aromatic heterocycles. The van der Waals surface area contributed by atoms with Gasteiger partial charge in [0, 0.05) is 35.5 Å². The number of rotatable bonds is 11. The number of aromatic amines is 1. The molecule has 0 unspecified atom stereocenters. The minimum atomic E-state index is -3.73. The van der Waals surface area contributed by atoms with E-state index in [4.69, 9.17) is 11.5 Å². The fourth-order valence-electron chi connectivity index (χ4n) is 6.53. The van der Waals surface area contributed by atoms with Gasteiger partial charge in [-0.1, -0.05) is 24.3 Å². The number of H-pyrrole nitrogens is 1. The number of aromatic nitrogens is 5. The number of sulfonamides is 1. The Bertz CT molecular complexity index is 1830. The lowest BCUT2D eigenvalue weighted by Gasteiger charge is -2.32. The van der Waals surface area contributed by atoms with Gasteiger partial charge >= 0.3 is 0 Å². The third-order valence-electron chi connectivity index (χ3n) is 9.44. The normalized spacial score (nSPS) is 18.9. The predicted molar refractivity (Wildman–Crippen MR) is 191 cm³/mol. The summed E-state index contributed by atoms with van der Waals surface area (Å²) in [5.74, 6) is -0.292.